The molecule has 2 saturated heterocycles. The predicted octanol–water partition coefficient (Wildman–Crippen LogP) is 1.03. The quantitative estimate of drug-likeness (QED) is 0.814. The lowest BCUT2D eigenvalue weighted by Gasteiger charge is -2.27. The molecule has 5 nitrogen and oxygen atoms in total. The van der Waals surface area contributed by atoms with Gasteiger partial charge in [0.15, 0.2) is 0 Å². The molecule has 0 aromatic heterocycles. The third-order valence-electron chi connectivity index (χ3n) is 3.98. The normalized spacial score (nSPS) is 40.2. The summed E-state index contributed by atoms with van der Waals surface area (Å²) >= 11 is 1.49. The first-order chi connectivity index (χ1) is 8.43. The number of carboxylic acids is 1. The molecule has 0 saturated carbocycles. The van der Waals surface area contributed by atoms with E-state index in [0.717, 1.165) is 0 Å². The maximum atomic E-state index is 12.5. The van der Waals surface area contributed by atoms with Gasteiger partial charge < -0.3 is 14.7 Å². The zero-order chi connectivity index (χ0) is 13.4. The van der Waals surface area contributed by atoms with Crippen LogP contribution >= 0.6 is 11.8 Å². The summed E-state index contributed by atoms with van der Waals surface area (Å²) in [6, 6.07) is -0.683. The molecule has 2 rings (SSSR count). The van der Waals surface area contributed by atoms with Gasteiger partial charge >= 0.3 is 5.97 Å². The molecule has 2 aliphatic heterocycles. The Morgan fingerprint density at radius 2 is 1.94 bits per heavy atom. The largest absolute Gasteiger partial charge is 0.480 e. The average Bonchev–Trinajstić information content (AvgIpc) is 2.85. The van der Waals surface area contributed by atoms with Crippen LogP contribution in [0, 0.1) is 11.8 Å². The number of carbonyl (C=O) groups excluding carboxylic acids is 1. The summed E-state index contributed by atoms with van der Waals surface area (Å²) < 4.78 is 5.66. The van der Waals surface area contributed by atoms with Gasteiger partial charge in [-0.05, 0) is 19.8 Å². The maximum absolute atomic E-state index is 12.5. The molecule has 4 unspecified atom stereocenters. The number of amides is 1. The van der Waals surface area contributed by atoms with Gasteiger partial charge in [0.25, 0.3) is 0 Å². The summed E-state index contributed by atoms with van der Waals surface area (Å²) in [4.78, 5) is 25.1. The van der Waals surface area contributed by atoms with Gasteiger partial charge in [0.2, 0.25) is 5.91 Å². The number of aliphatic carboxylic acids is 1. The van der Waals surface area contributed by atoms with Gasteiger partial charge in [0.1, 0.15) is 6.04 Å². The fourth-order valence-electron chi connectivity index (χ4n) is 2.75. The van der Waals surface area contributed by atoms with Crippen LogP contribution in [-0.4, -0.2) is 51.8 Å². The van der Waals surface area contributed by atoms with E-state index in [1.165, 1.54) is 16.7 Å². The van der Waals surface area contributed by atoms with E-state index in [1.807, 2.05) is 20.8 Å². The van der Waals surface area contributed by atoms with Crippen LogP contribution in [-0.2, 0) is 14.3 Å². The van der Waals surface area contributed by atoms with Crippen LogP contribution < -0.4 is 0 Å². The van der Waals surface area contributed by atoms with Crippen molar-refractivity contribution in [3.8, 4) is 0 Å². The number of carboxylic acid groups (broad SMARTS) is 1. The Hall–Kier alpha value is -0.750. The van der Waals surface area contributed by atoms with E-state index in [4.69, 9.17) is 9.84 Å². The summed E-state index contributed by atoms with van der Waals surface area (Å²) in [6.45, 7) is 5.85. The molecule has 18 heavy (non-hydrogen) atoms. The first-order valence-electron chi connectivity index (χ1n) is 6.20. The third-order valence-corrected chi connectivity index (χ3v) is 4.99. The molecular formula is C12H19NO4S. The lowest BCUT2D eigenvalue weighted by molar-refractivity contribution is -0.150. The van der Waals surface area contributed by atoms with Gasteiger partial charge in [-0.1, -0.05) is 6.92 Å². The molecule has 2 fully saturated rings. The Bertz CT molecular complexity index is 362. The van der Waals surface area contributed by atoms with Crippen molar-refractivity contribution >= 4 is 23.6 Å². The van der Waals surface area contributed by atoms with Crippen LogP contribution in [0.5, 0.6) is 0 Å². The van der Waals surface area contributed by atoms with Gasteiger partial charge in [0.05, 0.1) is 24.0 Å². The standard InChI is InChI=1S/C12H19NO4S/c1-6-7(2)17-8(3)10(6)11(14)13-5-18-4-9(13)12(15)16/h6-10H,4-5H2,1-3H3,(H,15,16)/t6?,7?,8?,9-,10?/m0/s1. The molecule has 6 heteroatoms. The molecule has 0 aromatic rings. The number of hydrogen-bond acceptors (Lipinski definition) is 4. The summed E-state index contributed by atoms with van der Waals surface area (Å²) in [5.41, 5.74) is 0. The van der Waals surface area contributed by atoms with Gasteiger partial charge in [0, 0.05) is 5.75 Å². The predicted molar refractivity (Wildman–Crippen MR) is 68.3 cm³/mol. The number of ether oxygens (including phenoxy) is 1. The van der Waals surface area contributed by atoms with Crippen molar-refractivity contribution in [1.29, 1.82) is 0 Å². The van der Waals surface area contributed by atoms with Crippen LogP contribution in [0.1, 0.15) is 20.8 Å². The van der Waals surface area contributed by atoms with E-state index in [9.17, 15) is 9.59 Å². The Labute approximate surface area is 111 Å². The average molecular weight is 273 g/mol. The fraction of sp³-hybridized carbons (Fsp3) is 0.833. The Kier molecular flexibility index (Phi) is 3.87. The summed E-state index contributed by atoms with van der Waals surface area (Å²) in [5.74, 6) is -0.127. The highest BCUT2D eigenvalue weighted by molar-refractivity contribution is 7.99. The highest BCUT2D eigenvalue weighted by Gasteiger charge is 2.46. The summed E-state index contributed by atoms with van der Waals surface area (Å²) in [6.07, 6.45) is -0.0879. The number of hydrogen-bond donors (Lipinski definition) is 1. The molecule has 102 valence electrons. The second-order valence-electron chi connectivity index (χ2n) is 5.09. The number of carbonyl (C=O) groups is 2. The highest BCUT2D eigenvalue weighted by Crippen LogP contribution is 2.35. The highest BCUT2D eigenvalue weighted by atomic mass is 32.2. The van der Waals surface area contributed by atoms with E-state index in [0.29, 0.717) is 11.6 Å². The van der Waals surface area contributed by atoms with E-state index in [-0.39, 0.29) is 30.0 Å². The Morgan fingerprint density at radius 1 is 1.28 bits per heavy atom. The minimum Gasteiger partial charge on any atom is -0.480 e. The minimum absolute atomic E-state index is 0.0486. The number of nitrogens with zero attached hydrogens (tertiary/aromatic N) is 1. The topological polar surface area (TPSA) is 66.8 Å². The van der Waals surface area contributed by atoms with E-state index in [2.05, 4.69) is 0 Å². The molecule has 2 aliphatic rings. The molecule has 2 heterocycles. The van der Waals surface area contributed by atoms with Crippen molar-refractivity contribution < 1.29 is 19.4 Å². The lowest BCUT2D eigenvalue weighted by atomic mass is 9.88. The lowest BCUT2D eigenvalue weighted by Crippen LogP contribution is -2.47. The van der Waals surface area contributed by atoms with Crippen molar-refractivity contribution in [2.75, 3.05) is 11.6 Å². The van der Waals surface area contributed by atoms with Crippen molar-refractivity contribution in [1.82, 2.24) is 4.90 Å². The monoisotopic (exact) mass is 273 g/mol. The number of thioether (sulfide) groups is 1. The molecule has 0 radical (unpaired) electrons. The Balaban J connectivity index is 2.14. The third kappa shape index (κ3) is 2.23. The minimum atomic E-state index is -0.916. The van der Waals surface area contributed by atoms with Crippen LogP contribution in [0.25, 0.3) is 0 Å². The molecule has 0 aromatic carbocycles. The molecule has 0 bridgehead atoms. The summed E-state index contributed by atoms with van der Waals surface area (Å²) in [7, 11) is 0. The van der Waals surface area contributed by atoms with E-state index in [1.54, 1.807) is 0 Å². The van der Waals surface area contributed by atoms with E-state index < -0.39 is 12.0 Å². The van der Waals surface area contributed by atoms with Crippen LogP contribution in [0.2, 0.25) is 0 Å². The molecule has 0 aliphatic carbocycles. The van der Waals surface area contributed by atoms with Gasteiger partial charge in [-0.15, -0.1) is 11.8 Å². The second kappa shape index (κ2) is 5.09. The molecule has 1 N–H and O–H groups in total. The maximum Gasteiger partial charge on any atom is 0.327 e. The number of rotatable bonds is 2. The smallest absolute Gasteiger partial charge is 0.327 e. The van der Waals surface area contributed by atoms with Crippen molar-refractivity contribution in [2.45, 2.75) is 39.0 Å². The molecule has 0 spiro atoms. The molecule has 5 atom stereocenters. The zero-order valence-electron chi connectivity index (χ0n) is 10.8. The van der Waals surface area contributed by atoms with Crippen LogP contribution in [0.4, 0.5) is 0 Å². The van der Waals surface area contributed by atoms with Gasteiger partial charge in [-0.25, -0.2) is 4.79 Å². The second-order valence-corrected chi connectivity index (χ2v) is 6.09. The molecular weight excluding hydrogens is 254 g/mol. The fourth-order valence-corrected chi connectivity index (χ4v) is 3.90. The SMILES string of the molecule is CC1OC(C)C(C(=O)N2CSC[C@H]2C(=O)O)C1C. The molecule has 1 amide bonds. The summed E-state index contributed by atoms with van der Waals surface area (Å²) in [5, 5.41) is 9.12. The first kappa shape index (κ1) is 13.7. The zero-order valence-corrected chi connectivity index (χ0v) is 11.6. The van der Waals surface area contributed by atoms with Gasteiger partial charge in [-0.3, -0.25) is 4.79 Å². The van der Waals surface area contributed by atoms with Crippen LogP contribution in [0.15, 0.2) is 0 Å². The van der Waals surface area contributed by atoms with Gasteiger partial charge in [-0.2, -0.15) is 0 Å². The first-order valence-corrected chi connectivity index (χ1v) is 7.35. The van der Waals surface area contributed by atoms with Crippen LogP contribution in [0.3, 0.4) is 0 Å². The van der Waals surface area contributed by atoms with Crippen molar-refractivity contribution in [3.63, 3.8) is 0 Å². The Morgan fingerprint density at radius 3 is 2.44 bits per heavy atom. The van der Waals surface area contributed by atoms with Crippen molar-refractivity contribution in [2.24, 2.45) is 11.8 Å². The van der Waals surface area contributed by atoms with E-state index >= 15 is 0 Å². The van der Waals surface area contributed by atoms with Crippen molar-refractivity contribution in [3.05, 3.63) is 0 Å².